The van der Waals surface area contributed by atoms with E-state index in [-0.39, 0.29) is 0 Å². The van der Waals surface area contributed by atoms with Gasteiger partial charge in [-0.25, -0.2) is 19.9 Å². The molecule has 5 aromatic rings. The molecule has 0 aliphatic carbocycles. The highest BCUT2D eigenvalue weighted by atomic mass is 16.5. The second-order valence-electron chi connectivity index (χ2n) is 10.8. The molecule has 0 atom stereocenters. The topological polar surface area (TPSA) is 119 Å². The molecule has 0 unspecified atom stereocenters. The zero-order chi connectivity index (χ0) is 30.2. The highest BCUT2D eigenvalue weighted by Gasteiger charge is 2.15. The molecule has 0 fully saturated rings. The van der Waals surface area contributed by atoms with Crippen LogP contribution >= 0.6 is 0 Å². The van der Waals surface area contributed by atoms with E-state index < -0.39 is 0 Å². The van der Waals surface area contributed by atoms with Crippen molar-refractivity contribution in [3.05, 3.63) is 138 Å². The largest absolute Gasteiger partial charge is 0.494 e. The number of aromatic nitrogens is 6. The summed E-state index contributed by atoms with van der Waals surface area (Å²) >= 11 is 0. The molecule has 0 spiro atoms. The molecule has 5 rings (SSSR count). The molecule has 4 aromatic heterocycles. The summed E-state index contributed by atoms with van der Waals surface area (Å²) in [4.78, 5) is 30.8. The van der Waals surface area contributed by atoms with Crippen LogP contribution in [0.2, 0.25) is 0 Å². The van der Waals surface area contributed by atoms with Gasteiger partial charge in [-0.05, 0) is 66.9 Å². The second kappa shape index (κ2) is 16.9. The standard InChI is InChI=1S/C34H39N9O/c35-9-3-6-12-44-34-14-28(20-42(22-30-16-36-26-37-17-30)24-32-7-1-4-10-40-32)13-29(15-34)21-43(23-31-18-38-27-39-19-31)25-33-8-2-5-11-41-33/h1-2,4-5,7-8,10-11,13-19,26-27H,3,6,9,12,20-25,35H2. The summed E-state index contributed by atoms with van der Waals surface area (Å²) in [6.07, 6.45) is 16.1. The first-order valence-electron chi connectivity index (χ1n) is 14.9. The number of rotatable bonds is 17. The van der Waals surface area contributed by atoms with E-state index in [4.69, 9.17) is 10.5 Å². The summed E-state index contributed by atoms with van der Waals surface area (Å²) in [6.45, 7) is 5.43. The normalized spacial score (nSPS) is 11.2. The third kappa shape index (κ3) is 10.3. The lowest BCUT2D eigenvalue weighted by Crippen LogP contribution is -2.24. The fourth-order valence-corrected chi connectivity index (χ4v) is 5.06. The van der Waals surface area contributed by atoms with Crippen molar-refractivity contribution in [1.29, 1.82) is 0 Å². The van der Waals surface area contributed by atoms with Gasteiger partial charge in [-0.2, -0.15) is 0 Å². The maximum Gasteiger partial charge on any atom is 0.119 e. The first kappa shape index (κ1) is 30.8. The van der Waals surface area contributed by atoms with Crippen molar-refractivity contribution in [2.75, 3.05) is 13.2 Å². The predicted molar refractivity (Wildman–Crippen MR) is 169 cm³/mol. The van der Waals surface area contributed by atoms with E-state index >= 15 is 0 Å². The van der Waals surface area contributed by atoms with Crippen LogP contribution < -0.4 is 10.5 Å². The van der Waals surface area contributed by atoms with Gasteiger partial charge < -0.3 is 10.5 Å². The highest BCUT2D eigenvalue weighted by molar-refractivity contribution is 5.35. The Kier molecular flexibility index (Phi) is 11.8. The average molecular weight is 590 g/mol. The van der Waals surface area contributed by atoms with Crippen molar-refractivity contribution >= 4 is 0 Å². The molecule has 2 N–H and O–H groups in total. The first-order valence-corrected chi connectivity index (χ1v) is 14.9. The number of hydrogen-bond acceptors (Lipinski definition) is 10. The van der Waals surface area contributed by atoms with Gasteiger partial charge in [0, 0.05) is 87.6 Å². The van der Waals surface area contributed by atoms with E-state index in [1.165, 1.54) is 0 Å². The molecule has 44 heavy (non-hydrogen) atoms. The first-order chi connectivity index (χ1) is 21.7. The number of pyridine rings is 2. The summed E-state index contributed by atoms with van der Waals surface area (Å²) in [6, 6.07) is 18.6. The molecular weight excluding hydrogens is 550 g/mol. The second-order valence-corrected chi connectivity index (χ2v) is 10.8. The Balaban J connectivity index is 1.41. The molecule has 4 heterocycles. The molecule has 1 aromatic carbocycles. The Labute approximate surface area is 259 Å². The molecule has 226 valence electrons. The lowest BCUT2D eigenvalue weighted by Gasteiger charge is -2.25. The Morgan fingerprint density at radius 2 is 1.07 bits per heavy atom. The van der Waals surface area contributed by atoms with Crippen LogP contribution in [-0.2, 0) is 39.3 Å². The van der Waals surface area contributed by atoms with Crippen molar-refractivity contribution in [3.63, 3.8) is 0 Å². The fraction of sp³-hybridized carbons (Fsp3) is 0.294. The number of ether oxygens (including phenoxy) is 1. The Morgan fingerprint density at radius 3 is 1.52 bits per heavy atom. The SMILES string of the molecule is NCCCCOc1cc(CN(Cc2cncnc2)Cc2ccccn2)cc(CN(Cc2cncnc2)Cc2ccccn2)c1. The predicted octanol–water partition coefficient (Wildman–Crippen LogP) is 4.58. The fourth-order valence-electron chi connectivity index (χ4n) is 5.06. The van der Waals surface area contributed by atoms with Crippen LogP contribution in [-0.4, -0.2) is 52.9 Å². The van der Waals surface area contributed by atoms with Crippen LogP contribution in [0.5, 0.6) is 5.75 Å². The van der Waals surface area contributed by atoms with Gasteiger partial charge in [0.05, 0.1) is 18.0 Å². The van der Waals surface area contributed by atoms with Crippen LogP contribution in [0.3, 0.4) is 0 Å². The van der Waals surface area contributed by atoms with Gasteiger partial charge in [-0.15, -0.1) is 0 Å². The van der Waals surface area contributed by atoms with Gasteiger partial charge >= 0.3 is 0 Å². The minimum absolute atomic E-state index is 0.623. The van der Waals surface area contributed by atoms with E-state index in [1.54, 1.807) is 12.7 Å². The van der Waals surface area contributed by atoms with Crippen molar-refractivity contribution in [2.45, 2.75) is 52.1 Å². The highest BCUT2D eigenvalue weighted by Crippen LogP contribution is 2.23. The molecule has 0 saturated carbocycles. The van der Waals surface area contributed by atoms with Gasteiger partial charge in [-0.3, -0.25) is 19.8 Å². The third-order valence-corrected chi connectivity index (χ3v) is 6.97. The average Bonchev–Trinajstić information content (AvgIpc) is 3.05. The molecule has 0 amide bonds. The molecule has 0 radical (unpaired) electrons. The van der Waals surface area contributed by atoms with Crippen molar-refractivity contribution in [1.82, 2.24) is 39.7 Å². The molecule has 0 saturated heterocycles. The Hall–Kier alpha value is -4.64. The maximum atomic E-state index is 6.27. The van der Waals surface area contributed by atoms with E-state index in [1.807, 2.05) is 61.4 Å². The number of benzene rings is 1. The Bertz CT molecular complexity index is 1320. The summed E-state index contributed by atoms with van der Waals surface area (Å²) < 4.78 is 6.27. The maximum absolute atomic E-state index is 6.27. The minimum atomic E-state index is 0.623. The van der Waals surface area contributed by atoms with Gasteiger partial charge in [0.1, 0.15) is 18.4 Å². The van der Waals surface area contributed by atoms with E-state index in [9.17, 15) is 0 Å². The number of unbranched alkanes of at least 4 members (excludes halogenated alkanes) is 1. The monoisotopic (exact) mass is 589 g/mol. The molecule has 10 heteroatoms. The van der Waals surface area contributed by atoms with Crippen molar-refractivity contribution < 1.29 is 4.74 Å². The number of nitrogens with zero attached hydrogens (tertiary/aromatic N) is 8. The smallest absolute Gasteiger partial charge is 0.119 e. The zero-order valence-electron chi connectivity index (χ0n) is 24.9. The van der Waals surface area contributed by atoms with Crippen LogP contribution in [0.4, 0.5) is 0 Å². The van der Waals surface area contributed by atoms with Gasteiger partial charge in [-0.1, -0.05) is 18.2 Å². The quantitative estimate of drug-likeness (QED) is 0.154. The molecular formula is C34H39N9O. The molecule has 0 aliphatic rings. The van der Waals surface area contributed by atoms with E-state index in [0.29, 0.717) is 52.4 Å². The minimum Gasteiger partial charge on any atom is -0.494 e. The van der Waals surface area contributed by atoms with Crippen LogP contribution in [0, 0.1) is 0 Å². The van der Waals surface area contributed by atoms with Crippen molar-refractivity contribution in [2.24, 2.45) is 5.73 Å². The summed E-state index contributed by atoms with van der Waals surface area (Å²) in [5, 5.41) is 0. The van der Waals surface area contributed by atoms with Crippen LogP contribution in [0.25, 0.3) is 0 Å². The van der Waals surface area contributed by atoms with Gasteiger partial charge in [0.15, 0.2) is 0 Å². The van der Waals surface area contributed by atoms with Crippen LogP contribution in [0.1, 0.15) is 46.5 Å². The number of nitrogens with two attached hydrogens (primary N) is 1. The lowest BCUT2D eigenvalue weighted by atomic mass is 10.1. The third-order valence-electron chi connectivity index (χ3n) is 6.97. The van der Waals surface area contributed by atoms with Crippen molar-refractivity contribution in [3.8, 4) is 5.75 Å². The molecule has 10 nitrogen and oxygen atoms in total. The van der Waals surface area contributed by atoms with E-state index in [0.717, 1.165) is 52.2 Å². The summed E-state index contributed by atoms with van der Waals surface area (Å²) in [5.74, 6) is 0.858. The zero-order valence-corrected chi connectivity index (χ0v) is 24.9. The molecule has 0 bridgehead atoms. The van der Waals surface area contributed by atoms with E-state index in [2.05, 4.69) is 70.0 Å². The Morgan fingerprint density at radius 1 is 0.568 bits per heavy atom. The van der Waals surface area contributed by atoms with Gasteiger partial charge in [0.25, 0.3) is 0 Å². The summed E-state index contributed by atoms with van der Waals surface area (Å²) in [7, 11) is 0. The lowest BCUT2D eigenvalue weighted by molar-refractivity contribution is 0.238. The van der Waals surface area contributed by atoms with Crippen LogP contribution in [0.15, 0.2) is 104 Å². The molecule has 0 aliphatic heterocycles. The van der Waals surface area contributed by atoms with Gasteiger partial charge in [0.2, 0.25) is 0 Å². The number of hydrogen-bond donors (Lipinski definition) is 1. The summed E-state index contributed by atoms with van der Waals surface area (Å²) in [5.41, 5.74) is 12.1.